The van der Waals surface area contributed by atoms with Crippen molar-refractivity contribution in [3.8, 4) is 11.1 Å². The van der Waals surface area contributed by atoms with E-state index in [0.717, 1.165) is 62.1 Å². The van der Waals surface area contributed by atoms with Crippen LogP contribution in [0, 0.1) is 0 Å². The molecule has 5 nitrogen and oxygen atoms in total. The number of para-hydroxylation sites is 9. The molecular weight excluding hydrogens is 1190 g/mol. The monoisotopic (exact) mass is 1240 g/mol. The molecule has 5 heterocycles. The zero-order chi connectivity index (χ0) is 57.1. The van der Waals surface area contributed by atoms with E-state index in [4.69, 9.17) is 4.42 Å². The van der Waals surface area contributed by atoms with Gasteiger partial charge in [0.1, 0.15) is 0 Å². The van der Waals surface area contributed by atoms with Gasteiger partial charge in [-0.15, -0.1) is 0 Å². The molecule has 0 spiro atoms. The van der Waals surface area contributed by atoms with Crippen molar-refractivity contribution < 1.29 is 4.42 Å². The Morgan fingerprint density at radius 2 is 0.701 bits per heavy atom. The van der Waals surface area contributed by atoms with Crippen LogP contribution in [-0.2, 0) is 0 Å². The SMILES string of the molecule is c1ccc(N(c2ccccc2)c2cc3c4c(c2)N(c2ccccc2)c2ccccc2B4c2cc4c(c(-c5cccc6oc7ccccc7c56)c2[Se]3)[Se]c2cc(N(c3ccccc3)c3ccccc3)cc3c2B4c2ccccc2N3c2ccccc2)cc1. The van der Waals surface area contributed by atoms with Crippen molar-refractivity contribution in [3.05, 3.63) is 303 Å². The molecule has 0 unspecified atom stereocenters. The van der Waals surface area contributed by atoms with E-state index in [1.54, 1.807) is 0 Å². The average molecular weight is 1240 g/mol. The van der Waals surface area contributed by atoms with Crippen molar-refractivity contribution >= 4 is 184 Å². The Hall–Kier alpha value is -9.97. The Morgan fingerprint density at radius 1 is 0.310 bits per heavy atom. The molecule has 14 aromatic rings. The Morgan fingerprint density at radius 3 is 1.16 bits per heavy atom. The maximum atomic E-state index is 6.89. The Balaban J connectivity index is 0.964. The van der Waals surface area contributed by atoms with Crippen LogP contribution >= 0.6 is 0 Å². The molecule has 406 valence electrons. The van der Waals surface area contributed by atoms with Crippen LogP contribution in [0.4, 0.5) is 68.2 Å². The standard InChI is InChI=1S/C78H50B2N4OSe2/c1-7-26-51(27-8-1)81(52-28-9-2-10-29-52)57-46-67-75-71(48-57)86-77-63(79(75)61-40-20-22-42-65(61)83(67)55-34-15-5-16-35-55)50-64-78(74(77)60-39-25-45-70-73(60)59-38-19-24-44-69(59)85-70)87-72-49-58(82(53-30-11-3-12-31-53)54-32-13-4-14-33-54)47-68-76(72)80(64)62-41-21-23-43-66(62)84(68)56-36-17-6-18-37-56/h1-50H. The van der Waals surface area contributed by atoms with Crippen molar-refractivity contribution in [2.75, 3.05) is 19.6 Å². The van der Waals surface area contributed by atoms with Gasteiger partial charge in [-0.3, -0.25) is 0 Å². The third-order valence-corrected chi connectivity index (χ3v) is 22.9. The van der Waals surface area contributed by atoms with Crippen LogP contribution in [-0.4, -0.2) is 43.3 Å². The molecular formula is C78H50B2N4OSe2. The van der Waals surface area contributed by atoms with E-state index in [-0.39, 0.29) is 43.3 Å². The van der Waals surface area contributed by atoms with E-state index in [1.165, 1.54) is 89.9 Å². The minimum absolute atomic E-state index is 0.0715. The molecule has 0 saturated carbocycles. The van der Waals surface area contributed by atoms with Gasteiger partial charge < -0.3 is 0 Å². The molecule has 4 aliphatic rings. The van der Waals surface area contributed by atoms with Crippen LogP contribution in [0.3, 0.4) is 0 Å². The summed E-state index contributed by atoms with van der Waals surface area (Å²) in [6.45, 7) is -0.143. The van der Waals surface area contributed by atoms with Gasteiger partial charge in [0.05, 0.1) is 0 Å². The van der Waals surface area contributed by atoms with Gasteiger partial charge in [-0.05, 0) is 0 Å². The molecule has 0 saturated heterocycles. The molecule has 13 aromatic carbocycles. The molecule has 4 aliphatic heterocycles. The normalized spacial score (nSPS) is 13.1. The molecule has 0 fully saturated rings. The average Bonchev–Trinajstić information content (AvgIpc) is 0.831. The second-order valence-electron chi connectivity index (χ2n) is 22.7. The predicted molar refractivity (Wildman–Crippen MR) is 370 cm³/mol. The molecule has 87 heavy (non-hydrogen) atoms. The number of rotatable bonds is 9. The molecule has 0 atom stereocenters. The summed E-state index contributed by atoms with van der Waals surface area (Å²) in [4.78, 5) is 10.0. The second-order valence-corrected chi connectivity index (χ2v) is 27.1. The zero-order valence-electron chi connectivity index (χ0n) is 47.0. The molecule has 0 amide bonds. The van der Waals surface area contributed by atoms with Crippen LogP contribution in [0.5, 0.6) is 0 Å². The second kappa shape index (κ2) is 20.3. The van der Waals surface area contributed by atoms with E-state index in [1.807, 2.05) is 0 Å². The molecule has 0 aliphatic carbocycles. The summed E-state index contributed by atoms with van der Waals surface area (Å²) in [7, 11) is 0. The number of fused-ring (bicyclic) bond motifs is 11. The van der Waals surface area contributed by atoms with E-state index < -0.39 is 0 Å². The maximum absolute atomic E-state index is 6.89. The van der Waals surface area contributed by atoms with E-state index >= 15 is 0 Å². The zero-order valence-corrected chi connectivity index (χ0v) is 50.5. The van der Waals surface area contributed by atoms with Gasteiger partial charge in [0.15, 0.2) is 0 Å². The Bertz CT molecular complexity index is 4700. The van der Waals surface area contributed by atoms with Crippen LogP contribution in [0.15, 0.2) is 308 Å². The summed E-state index contributed by atoms with van der Waals surface area (Å²) in [5, 5.41) is 2.31. The first-order valence-electron chi connectivity index (χ1n) is 29.7. The number of hydrogen-bond donors (Lipinski definition) is 0. The summed E-state index contributed by atoms with van der Waals surface area (Å²) < 4.78 is 12.6. The van der Waals surface area contributed by atoms with Crippen LogP contribution < -0.4 is 70.2 Å². The van der Waals surface area contributed by atoms with Gasteiger partial charge in [0, 0.05) is 0 Å². The third kappa shape index (κ3) is 7.94. The fourth-order valence-electron chi connectivity index (χ4n) is 14.4. The molecule has 1 aromatic heterocycles. The fourth-order valence-corrected chi connectivity index (χ4v) is 20.3. The van der Waals surface area contributed by atoms with E-state index in [9.17, 15) is 0 Å². The first-order chi connectivity index (χ1) is 43.2. The number of anilines is 12. The van der Waals surface area contributed by atoms with Crippen molar-refractivity contribution in [1.82, 2.24) is 0 Å². The molecule has 0 bridgehead atoms. The quantitative estimate of drug-likeness (QED) is 0.134. The van der Waals surface area contributed by atoms with Crippen molar-refractivity contribution in [2.24, 2.45) is 0 Å². The molecule has 0 N–H and O–H groups in total. The summed E-state index contributed by atoms with van der Waals surface area (Å²) >= 11 is -0.387. The van der Waals surface area contributed by atoms with Crippen molar-refractivity contribution in [3.63, 3.8) is 0 Å². The predicted octanol–water partition coefficient (Wildman–Crippen LogP) is 12.7. The molecule has 0 radical (unpaired) electrons. The minimum atomic E-state index is -0.193. The van der Waals surface area contributed by atoms with Gasteiger partial charge >= 0.3 is 523 Å². The van der Waals surface area contributed by atoms with Gasteiger partial charge in [-0.1, -0.05) is 0 Å². The summed E-state index contributed by atoms with van der Waals surface area (Å²) in [5.74, 6) is 0. The number of benzene rings is 13. The number of furan rings is 1. The summed E-state index contributed by atoms with van der Waals surface area (Å²) in [6, 6.07) is 113. The third-order valence-electron chi connectivity index (χ3n) is 17.9. The van der Waals surface area contributed by atoms with Crippen LogP contribution in [0.25, 0.3) is 33.1 Å². The van der Waals surface area contributed by atoms with Crippen LogP contribution in [0.2, 0.25) is 0 Å². The fraction of sp³-hybridized carbons (Fsp3) is 0. The Labute approximate surface area is 518 Å². The van der Waals surface area contributed by atoms with Gasteiger partial charge in [0.25, 0.3) is 0 Å². The number of hydrogen-bond acceptors (Lipinski definition) is 5. The molecule has 18 rings (SSSR count). The van der Waals surface area contributed by atoms with Crippen molar-refractivity contribution in [2.45, 2.75) is 0 Å². The topological polar surface area (TPSA) is 26.1 Å². The first-order valence-corrected chi connectivity index (χ1v) is 33.1. The van der Waals surface area contributed by atoms with Gasteiger partial charge in [-0.2, -0.15) is 0 Å². The summed E-state index contributed by atoms with van der Waals surface area (Å²) in [6.07, 6.45) is 0. The van der Waals surface area contributed by atoms with Crippen LogP contribution in [0.1, 0.15) is 0 Å². The summed E-state index contributed by atoms with van der Waals surface area (Å²) in [5.41, 5.74) is 26.5. The Kier molecular flexibility index (Phi) is 11.8. The van der Waals surface area contributed by atoms with Gasteiger partial charge in [0.2, 0.25) is 0 Å². The van der Waals surface area contributed by atoms with E-state index in [2.05, 4.69) is 323 Å². The number of nitrogens with zero attached hydrogens (tertiary/aromatic N) is 4. The first kappa shape index (κ1) is 50.4. The van der Waals surface area contributed by atoms with Crippen molar-refractivity contribution in [1.29, 1.82) is 0 Å². The van der Waals surface area contributed by atoms with E-state index in [0.29, 0.717) is 0 Å². The van der Waals surface area contributed by atoms with Gasteiger partial charge in [-0.25, -0.2) is 0 Å². The molecule has 9 heteroatoms.